The second kappa shape index (κ2) is 4.91. The fourth-order valence-electron chi connectivity index (χ4n) is 2.95. The molecule has 110 valence electrons. The molecule has 2 aliphatic rings. The Morgan fingerprint density at radius 1 is 1.24 bits per heavy atom. The van der Waals surface area contributed by atoms with Crippen LogP contribution in [0.2, 0.25) is 0 Å². The summed E-state index contributed by atoms with van der Waals surface area (Å²) in [5.41, 5.74) is 1.08. The molecule has 5 heteroatoms. The Kier molecular flexibility index (Phi) is 3.03. The van der Waals surface area contributed by atoms with Gasteiger partial charge >= 0.3 is 0 Å². The first-order valence-electron chi connectivity index (χ1n) is 7.59. The van der Waals surface area contributed by atoms with Crippen LogP contribution in [0.5, 0.6) is 0 Å². The molecule has 21 heavy (non-hydrogen) atoms. The molecule has 0 unspecified atom stereocenters. The van der Waals surface area contributed by atoms with E-state index in [2.05, 4.69) is 15.5 Å². The van der Waals surface area contributed by atoms with Crippen molar-refractivity contribution in [1.29, 1.82) is 0 Å². The van der Waals surface area contributed by atoms with Gasteiger partial charge in [0.25, 0.3) is 0 Å². The zero-order chi connectivity index (χ0) is 14.3. The van der Waals surface area contributed by atoms with Crippen LogP contribution < -0.4 is 5.32 Å². The van der Waals surface area contributed by atoms with Crippen LogP contribution >= 0.6 is 0 Å². The van der Waals surface area contributed by atoms with Crippen LogP contribution in [0.1, 0.15) is 55.3 Å². The summed E-state index contributed by atoms with van der Waals surface area (Å²) in [6, 6.07) is 6.79. The van der Waals surface area contributed by atoms with Gasteiger partial charge in [-0.2, -0.15) is 4.98 Å². The molecule has 0 saturated heterocycles. The molecule has 0 radical (unpaired) electrons. The summed E-state index contributed by atoms with van der Waals surface area (Å²) in [4.78, 5) is 4.44. The molecule has 2 fully saturated rings. The van der Waals surface area contributed by atoms with Crippen LogP contribution in [0.15, 0.2) is 28.8 Å². The van der Waals surface area contributed by atoms with Crippen LogP contribution in [-0.2, 0) is 12.1 Å². The third kappa shape index (κ3) is 2.46. The normalized spacial score (nSPS) is 20.2. The van der Waals surface area contributed by atoms with Gasteiger partial charge in [0.15, 0.2) is 5.82 Å². The first-order valence-corrected chi connectivity index (χ1v) is 7.59. The summed E-state index contributed by atoms with van der Waals surface area (Å²) in [6.07, 6.45) is 5.63. The summed E-state index contributed by atoms with van der Waals surface area (Å²) in [5, 5.41) is 7.59. The monoisotopic (exact) mass is 287 g/mol. The van der Waals surface area contributed by atoms with Crippen LogP contribution in [0.3, 0.4) is 0 Å². The van der Waals surface area contributed by atoms with E-state index < -0.39 is 0 Å². The fourth-order valence-corrected chi connectivity index (χ4v) is 2.95. The minimum Gasteiger partial charge on any atom is -0.339 e. The number of halogens is 1. The first-order chi connectivity index (χ1) is 10.3. The Morgan fingerprint density at radius 3 is 2.62 bits per heavy atom. The number of hydrogen-bond donors (Lipinski definition) is 1. The largest absolute Gasteiger partial charge is 0.339 e. The van der Waals surface area contributed by atoms with Crippen molar-refractivity contribution in [3.8, 4) is 0 Å². The number of hydrogen-bond acceptors (Lipinski definition) is 4. The number of nitrogens with zero attached hydrogens (tertiary/aromatic N) is 2. The van der Waals surface area contributed by atoms with E-state index in [4.69, 9.17) is 4.52 Å². The second-order valence-electron chi connectivity index (χ2n) is 6.12. The average Bonchev–Trinajstić information content (AvgIpc) is 3.19. The fraction of sp³-hybridized carbons (Fsp3) is 0.500. The Bertz CT molecular complexity index is 629. The Labute approximate surface area is 122 Å². The lowest BCUT2D eigenvalue weighted by atomic mass is 9.72. The van der Waals surface area contributed by atoms with Gasteiger partial charge in [0.1, 0.15) is 5.82 Å². The van der Waals surface area contributed by atoms with Crippen molar-refractivity contribution in [1.82, 2.24) is 15.5 Å². The molecule has 0 bridgehead atoms. The topological polar surface area (TPSA) is 51.0 Å². The molecule has 4 nitrogen and oxygen atoms in total. The Morgan fingerprint density at radius 2 is 2.00 bits per heavy atom. The van der Waals surface area contributed by atoms with Crippen molar-refractivity contribution in [2.45, 2.75) is 50.1 Å². The molecule has 2 aromatic rings. The summed E-state index contributed by atoms with van der Waals surface area (Å²) in [5.74, 6) is 1.78. The number of aromatic nitrogens is 2. The van der Waals surface area contributed by atoms with E-state index in [0.29, 0.717) is 18.3 Å². The molecule has 0 amide bonds. The van der Waals surface area contributed by atoms with Crippen LogP contribution in [0, 0.1) is 5.82 Å². The quantitative estimate of drug-likeness (QED) is 0.917. The van der Waals surface area contributed by atoms with Gasteiger partial charge in [-0.05, 0) is 49.8 Å². The van der Waals surface area contributed by atoms with E-state index in [1.54, 1.807) is 0 Å². The van der Waals surface area contributed by atoms with Gasteiger partial charge in [-0.3, -0.25) is 0 Å². The molecule has 2 aliphatic carbocycles. The van der Waals surface area contributed by atoms with E-state index >= 15 is 0 Å². The second-order valence-corrected chi connectivity index (χ2v) is 6.12. The molecule has 1 aromatic carbocycles. The maximum atomic E-state index is 13.1. The maximum absolute atomic E-state index is 13.1. The molecule has 1 N–H and O–H groups in total. The molecule has 0 atom stereocenters. The Balaban J connectivity index is 1.46. The lowest BCUT2D eigenvalue weighted by molar-refractivity contribution is 0.181. The number of rotatable bonds is 5. The SMILES string of the molecule is Fc1ccc(C2(NCc3noc(C4CC4)n3)CCC2)cc1. The summed E-state index contributed by atoms with van der Waals surface area (Å²) < 4.78 is 18.4. The van der Waals surface area contributed by atoms with Crippen LogP contribution in [0.25, 0.3) is 0 Å². The minimum atomic E-state index is -0.194. The highest BCUT2D eigenvalue weighted by Crippen LogP contribution is 2.42. The highest BCUT2D eigenvalue weighted by molar-refractivity contribution is 5.27. The van der Waals surface area contributed by atoms with Crippen molar-refractivity contribution < 1.29 is 8.91 Å². The van der Waals surface area contributed by atoms with E-state index in [9.17, 15) is 4.39 Å². The van der Waals surface area contributed by atoms with Gasteiger partial charge in [0, 0.05) is 11.5 Å². The Hall–Kier alpha value is -1.75. The maximum Gasteiger partial charge on any atom is 0.229 e. The van der Waals surface area contributed by atoms with Crippen molar-refractivity contribution in [3.05, 3.63) is 47.4 Å². The lowest BCUT2D eigenvalue weighted by Gasteiger charge is -2.43. The van der Waals surface area contributed by atoms with E-state index in [1.165, 1.54) is 18.6 Å². The number of nitrogens with one attached hydrogen (secondary N) is 1. The third-order valence-corrected chi connectivity index (χ3v) is 4.60. The van der Waals surface area contributed by atoms with Gasteiger partial charge in [-0.25, -0.2) is 4.39 Å². The molecular weight excluding hydrogens is 269 g/mol. The minimum absolute atomic E-state index is 0.0614. The summed E-state index contributed by atoms with van der Waals surface area (Å²) >= 11 is 0. The van der Waals surface area contributed by atoms with Crippen LogP contribution in [-0.4, -0.2) is 10.1 Å². The predicted octanol–water partition coefficient (Wildman–Crippen LogP) is 3.26. The van der Waals surface area contributed by atoms with Gasteiger partial charge in [0.2, 0.25) is 5.89 Å². The standard InChI is InChI=1S/C16H18FN3O/c17-13-6-4-12(5-7-13)16(8-1-9-16)18-10-14-19-15(21-20-14)11-2-3-11/h4-7,11,18H,1-3,8-10H2. The zero-order valence-electron chi connectivity index (χ0n) is 11.8. The zero-order valence-corrected chi connectivity index (χ0v) is 11.8. The van der Waals surface area contributed by atoms with Gasteiger partial charge < -0.3 is 9.84 Å². The van der Waals surface area contributed by atoms with Crippen molar-refractivity contribution in [2.75, 3.05) is 0 Å². The van der Waals surface area contributed by atoms with Crippen LogP contribution in [0.4, 0.5) is 4.39 Å². The highest BCUT2D eigenvalue weighted by Gasteiger charge is 2.38. The predicted molar refractivity (Wildman–Crippen MR) is 75.0 cm³/mol. The highest BCUT2D eigenvalue weighted by atomic mass is 19.1. The lowest BCUT2D eigenvalue weighted by Crippen LogP contribution is -2.47. The van der Waals surface area contributed by atoms with Gasteiger partial charge in [0.05, 0.1) is 6.54 Å². The number of benzene rings is 1. The van der Waals surface area contributed by atoms with Crippen molar-refractivity contribution >= 4 is 0 Å². The molecule has 0 aliphatic heterocycles. The van der Waals surface area contributed by atoms with E-state index in [1.807, 2.05) is 12.1 Å². The molecule has 0 spiro atoms. The molecule has 1 aromatic heterocycles. The first kappa shape index (κ1) is 13.0. The molecular formula is C16H18FN3O. The van der Waals surface area contributed by atoms with Gasteiger partial charge in [-0.1, -0.05) is 17.3 Å². The third-order valence-electron chi connectivity index (χ3n) is 4.60. The summed E-state index contributed by atoms with van der Waals surface area (Å²) in [6.45, 7) is 0.591. The van der Waals surface area contributed by atoms with Gasteiger partial charge in [-0.15, -0.1) is 0 Å². The van der Waals surface area contributed by atoms with E-state index in [-0.39, 0.29) is 11.4 Å². The van der Waals surface area contributed by atoms with Crippen molar-refractivity contribution in [3.63, 3.8) is 0 Å². The smallest absolute Gasteiger partial charge is 0.229 e. The summed E-state index contributed by atoms with van der Waals surface area (Å²) in [7, 11) is 0. The average molecular weight is 287 g/mol. The molecule has 4 rings (SSSR count). The molecule has 2 saturated carbocycles. The van der Waals surface area contributed by atoms with Crippen molar-refractivity contribution in [2.24, 2.45) is 0 Å². The molecule has 1 heterocycles. The van der Waals surface area contributed by atoms with E-state index in [0.717, 1.165) is 37.1 Å².